The lowest BCUT2D eigenvalue weighted by Gasteiger charge is -2.06. The predicted molar refractivity (Wildman–Crippen MR) is 67.8 cm³/mol. The third-order valence-electron chi connectivity index (χ3n) is 2.47. The summed E-state index contributed by atoms with van der Waals surface area (Å²) in [7, 11) is 0. The van der Waals surface area contributed by atoms with E-state index in [0.29, 0.717) is 6.54 Å². The largest absolute Gasteiger partial charge is 0.350 e. The van der Waals surface area contributed by atoms with Gasteiger partial charge in [0.2, 0.25) is 5.91 Å². The summed E-state index contributed by atoms with van der Waals surface area (Å²) in [4.78, 5) is 23.1. The molecule has 0 spiro atoms. The molecule has 0 saturated heterocycles. The molecule has 4 heteroatoms. The molecule has 1 amide bonds. The second-order valence-corrected chi connectivity index (χ2v) is 3.86. The highest BCUT2D eigenvalue weighted by atomic mass is 16.2. The molecule has 2 rings (SSSR count). The number of pyridine rings is 1. The molecule has 1 aromatic heterocycles. The fourth-order valence-electron chi connectivity index (χ4n) is 1.54. The van der Waals surface area contributed by atoms with Crippen molar-refractivity contribution < 1.29 is 4.79 Å². The Bertz CT molecular complexity index is 576. The minimum Gasteiger partial charge on any atom is -0.350 e. The van der Waals surface area contributed by atoms with Crippen molar-refractivity contribution in [2.75, 3.05) is 0 Å². The van der Waals surface area contributed by atoms with Gasteiger partial charge >= 0.3 is 0 Å². The first kappa shape index (κ1) is 12.1. The maximum atomic E-state index is 11.7. The van der Waals surface area contributed by atoms with Gasteiger partial charge in [0, 0.05) is 18.8 Å². The number of hydrogen-bond acceptors (Lipinski definition) is 2. The number of nitrogens with zero attached hydrogens (tertiary/aromatic N) is 1. The number of amides is 1. The average Bonchev–Trinajstić information content (AvgIpc) is 2.40. The van der Waals surface area contributed by atoms with Crippen molar-refractivity contribution in [3.63, 3.8) is 0 Å². The molecule has 1 heterocycles. The second kappa shape index (κ2) is 5.82. The van der Waals surface area contributed by atoms with Crippen molar-refractivity contribution in [2.24, 2.45) is 0 Å². The Morgan fingerprint density at radius 1 is 1.28 bits per heavy atom. The normalized spacial score (nSPS) is 10.0. The number of carbonyl (C=O) groups excluding carboxylic acids is 1. The molecule has 0 unspecified atom stereocenters. The highest BCUT2D eigenvalue weighted by molar-refractivity contribution is 5.75. The Balaban J connectivity index is 1.90. The Kier molecular flexibility index (Phi) is 3.91. The topological polar surface area (TPSA) is 51.1 Å². The molecule has 0 aliphatic rings. The van der Waals surface area contributed by atoms with Crippen molar-refractivity contribution in [1.29, 1.82) is 0 Å². The SMILES string of the molecule is O=C(Cn1ccccc1=O)NCc1c[c]ccc1. The summed E-state index contributed by atoms with van der Waals surface area (Å²) in [6, 6.07) is 15.1. The van der Waals surface area contributed by atoms with Crippen molar-refractivity contribution in [1.82, 2.24) is 9.88 Å². The monoisotopic (exact) mass is 241 g/mol. The lowest BCUT2D eigenvalue weighted by molar-refractivity contribution is -0.121. The van der Waals surface area contributed by atoms with Gasteiger partial charge in [0.1, 0.15) is 6.54 Å². The Morgan fingerprint density at radius 2 is 2.17 bits per heavy atom. The number of nitrogens with one attached hydrogen (secondary N) is 1. The van der Waals surface area contributed by atoms with Gasteiger partial charge in [-0.2, -0.15) is 0 Å². The molecule has 18 heavy (non-hydrogen) atoms. The maximum absolute atomic E-state index is 11.7. The fourth-order valence-corrected chi connectivity index (χ4v) is 1.54. The molecule has 1 radical (unpaired) electrons. The Labute approximate surface area is 105 Å². The highest BCUT2D eigenvalue weighted by Gasteiger charge is 2.03. The summed E-state index contributed by atoms with van der Waals surface area (Å²) >= 11 is 0. The lowest BCUT2D eigenvalue weighted by atomic mass is 10.2. The van der Waals surface area contributed by atoms with E-state index < -0.39 is 0 Å². The molecule has 2 aromatic rings. The zero-order valence-corrected chi connectivity index (χ0v) is 9.80. The van der Waals surface area contributed by atoms with E-state index in [4.69, 9.17) is 0 Å². The van der Waals surface area contributed by atoms with Crippen LogP contribution in [-0.4, -0.2) is 10.5 Å². The zero-order valence-electron chi connectivity index (χ0n) is 9.80. The van der Waals surface area contributed by atoms with Crippen molar-refractivity contribution in [3.05, 3.63) is 70.6 Å². The standard InChI is InChI=1S/C14H13N2O2/c17-13(11-16-9-5-4-8-14(16)18)15-10-12-6-2-1-3-7-12/h1-2,4-9H,10-11H2,(H,15,17). The van der Waals surface area contributed by atoms with E-state index in [-0.39, 0.29) is 18.0 Å². The molecular weight excluding hydrogens is 228 g/mol. The van der Waals surface area contributed by atoms with Gasteiger partial charge in [-0.05, 0) is 23.8 Å². The molecule has 0 saturated carbocycles. The van der Waals surface area contributed by atoms with Crippen LogP contribution in [0.15, 0.2) is 53.5 Å². The van der Waals surface area contributed by atoms with Crippen LogP contribution >= 0.6 is 0 Å². The van der Waals surface area contributed by atoms with E-state index in [1.54, 1.807) is 24.4 Å². The summed E-state index contributed by atoms with van der Waals surface area (Å²) in [5.41, 5.74) is 0.798. The summed E-state index contributed by atoms with van der Waals surface area (Å²) < 4.78 is 1.37. The van der Waals surface area contributed by atoms with Gasteiger partial charge in [-0.15, -0.1) is 0 Å². The molecule has 1 aromatic carbocycles. The minimum atomic E-state index is -0.188. The van der Waals surface area contributed by atoms with Crippen LogP contribution < -0.4 is 10.9 Å². The van der Waals surface area contributed by atoms with Crippen LogP contribution in [0, 0.1) is 6.07 Å². The molecule has 0 atom stereocenters. The molecule has 0 aliphatic carbocycles. The number of benzene rings is 1. The van der Waals surface area contributed by atoms with Gasteiger partial charge in [-0.3, -0.25) is 9.59 Å². The fraction of sp³-hybridized carbons (Fsp3) is 0.143. The van der Waals surface area contributed by atoms with Gasteiger partial charge in [-0.25, -0.2) is 0 Å². The zero-order chi connectivity index (χ0) is 12.8. The van der Waals surface area contributed by atoms with E-state index >= 15 is 0 Å². The molecule has 0 aliphatic heterocycles. The third-order valence-corrected chi connectivity index (χ3v) is 2.47. The molecule has 0 bridgehead atoms. The van der Waals surface area contributed by atoms with Crippen LogP contribution in [0.5, 0.6) is 0 Å². The van der Waals surface area contributed by atoms with Crippen LogP contribution in [0.2, 0.25) is 0 Å². The Hall–Kier alpha value is -2.36. The molecule has 0 fully saturated rings. The van der Waals surface area contributed by atoms with E-state index in [0.717, 1.165) is 5.56 Å². The van der Waals surface area contributed by atoms with Crippen molar-refractivity contribution in [2.45, 2.75) is 13.1 Å². The number of aromatic nitrogens is 1. The first-order valence-corrected chi connectivity index (χ1v) is 5.63. The number of rotatable bonds is 4. The van der Waals surface area contributed by atoms with E-state index in [9.17, 15) is 9.59 Å². The first-order chi connectivity index (χ1) is 8.75. The van der Waals surface area contributed by atoms with Crippen LogP contribution in [0.3, 0.4) is 0 Å². The predicted octanol–water partition coefficient (Wildman–Crippen LogP) is 0.965. The third kappa shape index (κ3) is 3.31. The van der Waals surface area contributed by atoms with E-state index in [1.165, 1.54) is 10.6 Å². The molecule has 91 valence electrons. The quantitative estimate of drug-likeness (QED) is 0.867. The average molecular weight is 241 g/mol. The lowest BCUT2D eigenvalue weighted by Crippen LogP contribution is -2.31. The van der Waals surface area contributed by atoms with Crippen molar-refractivity contribution >= 4 is 5.91 Å². The maximum Gasteiger partial charge on any atom is 0.250 e. The van der Waals surface area contributed by atoms with Gasteiger partial charge in [-0.1, -0.05) is 24.3 Å². The van der Waals surface area contributed by atoms with Crippen molar-refractivity contribution in [3.8, 4) is 0 Å². The van der Waals surface area contributed by atoms with Crippen LogP contribution in [0.4, 0.5) is 0 Å². The summed E-state index contributed by atoms with van der Waals surface area (Å²) in [5, 5.41) is 2.76. The van der Waals surface area contributed by atoms with Gasteiger partial charge < -0.3 is 9.88 Å². The van der Waals surface area contributed by atoms with Crippen LogP contribution in [0.1, 0.15) is 5.56 Å². The van der Waals surface area contributed by atoms with Crippen LogP contribution in [-0.2, 0) is 17.9 Å². The highest BCUT2D eigenvalue weighted by Crippen LogP contribution is 1.96. The van der Waals surface area contributed by atoms with Gasteiger partial charge in [0.05, 0.1) is 0 Å². The van der Waals surface area contributed by atoms with E-state index in [2.05, 4.69) is 11.4 Å². The first-order valence-electron chi connectivity index (χ1n) is 5.63. The Morgan fingerprint density at radius 3 is 2.89 bits per heavy atom. The van der Waals surface area contributed by atoms with Crippen LogP contribution in [0.25, 0.3) is 0 Å². The molecule has 4 nitrogen and oxygen atoms in total. The number of hydrogen-bond donors (Lipinski definition) is 1. The van der Waals surface area contributed by atoms with Gasteiger partial charge in [0.25, 0.3) is 5.56 Å². The number of carbonyl (C=O) groups is 1. The molecular formula is C14H13N2O2. The smallest absolute Gasteiger partial charge is 0.250 e. The summed E-state index contributed by atoms with van der Waals surface area (Å²) in [6.45, 7) is 0.480. The summed E-state index contributed by atoms with van der Waals surface area (Å²) in [6.07, 6.45) is 1.60. The van der Waals surface area contributed by atoms with Gasteiger partial charge in [0.15, 0.2) is 0 Å². The summed E-state index contributed by atoms with van der Waals surface area (Å²) in [5.74, 6) is -0.188. The second-order valence-electron chi connectivity index (χ2n) is 3.86. The minimum absolute atomic E-state index is 0.0379. The van der Waals surface area contributed by atoms with E-state index in [1.807, 2.05) is 18.2 Å². The molecule has 1 N–H and O–H groups in total.